The van der Waals surface area contributed by atoms with E-state index in [4.69, 9.17) is 4.74 Å². The van der Waals surface area contributed by atoms with Gasteiger partial charge in [-0.1, -0.05) is 31.2 Å². The molecule has 3 heteroatoms. The van der Waals surface area contributed by atoms with Crippen LogP contribution in [-0.4, -0.2) is 12.6 Å². The minimum Gasteiger partial charge on any atom is -0.491 e. The van der Waals surface area contributed by atoms with Gasteiger partial charge in [0.1, 0.15) is 11.6 Å². The standard InChI is InChI=1S/C18H22FNO/c1-4-20-12-16-9-8-15(11-18(16)19)14-6-5-7-17(10-14)21-13(2)3/h5-11,13,20H,4,12H2,1-3H3. The van der Waals surface area contributed by atoms with Crippen molar-refractivity contribution in [1.29, 1.82) is 0 Å². The second-order valence-electron chi connectivity index (χ2n) is 5.28. The van der Waals surface area contributed by atoms with Crippen LogP contribution in [0.25, 0.3) is 11.1 Å². The SMILES string of the molecule is CCNCc1ccc(-c2cccc(OC(C)C)c2)cc1F. The van der Waals surface area contributed by atoms with Crippen LogP contribution in [0.1, 0.15) is 26.3 Å². The van der Waals surface area contributed by atoms with Crippen molar-refractivity contribution in [2.24, 2.45) is 0 Å². The molecule has 0 saturated carbocycles. The van der Waals surface area contributed by atoms with Crippen LogP contribution in [0.4, 0.5) is 4.39 Å². The van der Waals surface area contributed by atoms with Gasteiger partial charge in [0.15, 0.2) is 0 Å². The van der Waals surface area contributed by atoms with Crippen LogP contribution in [0.5, 0.6) is 5.75 Å². The van der Waals surface area contributed by atoms with E-state index in [1.165, 1.54) is 0 Å². The Bertz CT molecular complexity index is 596. The lowest BCUT2D eigenvalue weighted by Gasteiger charge is -2.11. The quantitative estimate of drug-likeness (QED) is 0.850. The molecule has 2 aromatic carbocycles. The Hall–Kier alpha value is -1.87. The number of benzene rings is 2. The van der Waals surface area contributed by atoms with Crippen LogP contribution in [0.2, 0.25) is 0 Å². The van der Waals surface area contributed by atoms with Gasteiger partial charge >= 0.3 is 0 Å². The van der Waals surface area contributed by atoms with Crippen LogP contribution >= 0.6 is 0 Å². The van der Waals surface area contributed by atoms with E-state index in [1.807, 2.05) is 57.2 Å². The normalized spacial score (nSPS) is 10.9. The predicted molar refractivity (Wildman–Crippen MR) is 85.0 cm³/mol. The lowest BCUT2D eigenvalue weighted by Crippen LogP contribution is -2.12. The molecule has 0 atom stereocenters. The molecule has 2 aromatic rings. The second-order valence-corrected chi connectivity index (χ2v) is 5.28. The van der Waals surface area contributed by atoms with Gasteiger partial charge in [0.2, 0.25) is 0 Å². The highest BCUT2D eigenvalue weighted by Gasteiger charge is 2.06. The highest BCUT2D eigenvalue weighted by molar-refractivity contribution is 5.65. The highest BCUT2D eigenvalue weighted by Crippen LogP contribution is 2.26. The molecule has 0 fully saturated rings. The maximum Gasteiger partial charge on any atom is 0.128 e. The van der Waals surface area contributed by atoms with E-state index < -0.39 is 0 Å². The molecule has 0 amide bonds. The lowest BCUT2D eigenvalue weighted by molar-refractivity contribution is 0.242. The largest absolute Gasteiger partial charge is 0.491 e. The molecule has 0 aliphatic rings. The second kappa shape index (κ2) is 7.23. The third-order valence-corrected chi connectivity index (χ3v) is 3.16. The van der Waals surface area contributed by atoms with Crippen LogP contribution in [0.15, 0.2) is 42.5 Å². The summed E-state index contributed by atoms with van der Waals surface area (Å²) in [4.78, 5) is 0. The van der Waals surface area contributed by atoms with Crippen LogP contribution < -0.4 is 10.1 Å². The van der Waals surface area contributed by atoms with E-state index in [9.17, 15) is 4.39 Å². The van der Waals surface area contributed by atoms with Gasteiger partial charge in [-0.15, -0.1) is 0 Å². The summed E-state index contributed by atoms with van der Waals surface area (Å²) in [7, 11) is 0. The molecule has 0 heterocycles. The molecule has 2 rings (SSSR count). The molecule has 1 N–H and O–H groups in total. The third-order valence-electron chi connectivity index (χ3n) is 3.16. The average molecular weight is 287 g/mol. The number of ether oxygens (including phenoxy) is 1. The van der Waals surface area contributed by atoms with E-state index in [-0.39, 0.29) is 11.9 Å². The first-order chi connectivity index (χ1) is 10.1. The summed E-state index contributed by atoms with van der Waals surface area (Å²) < 4.78 is 19.8. The molecule has 0 bridgehead atoms. The number of hydrogen-bond donors (Lipinski definition) is 1. The van der Waals surface area contributed by atoms with Crippen molar-refractivity contribution in [2.45, 2.75) is 33.4 Å². The predicted octanol–water partition coefficient (Wildman–Crippen LogP) is 4.39. The number of rotatable bonds is 6. The van der Waals surface area contributed by atoms with Gasteiger partial charge in [0.05, 0.1) is 6.10 Å². The summed E-state index contributed by atoms with van der Waals surface area (Å²) in [5.41, 5.74) is 2.51. The fraction of sp³-hybridized carbons (Fsp3) is 0.333. The maximum absolute atomic E-state index is 14.1. The first-order valence-electron chi connectivity index (χ1n) is 7.36. The average Bonchev–Trinajstić information content (AvgIpc) is 2.45. The van der Waals surface area contributed by atoms with E-state index in [0.29, 0.717) is 12.1 Å². The zero-order chi connectivity index (χ0) is 15.2. The molecular formula is C18H22FNO. The molecule has 112 valence electrons. The van der Waals surface area contributed by atoms with E-state index in [1.54, 1.807) is 6.07 Å². The van der Waals surface area contributed by atoms with Gasteiger partial charge in [-0.05, 0) is 49.7 Å². The Balaban J connectivity index is 2.23. The van der Waals surface area contributed by atoms with Crippen molar-refractivity contribution in [3.05, 3.63) is 53.8 Å². The fourth-order valence-corrected chi connectivity index (χ4v) is 2.15. The number of halogens is 1. The van der Waals surface area contributed by atoms with E-state index in [2.05, 4.69) is 5.32 Å². The molecule has 21 heavy (non-hydrogen) atoms. The summed E-state index contributed by atoms with van der Waals surface area (Å²) in [5, 5.41) is 3.14. The molecule has 0 aliphatic carbocycles. The Morgan fingerprint density at radius 2 is 1.86 bits per heavy atom. The van der Waals surface area contributed by atoms with Gasteiger partial charge in [-0.2, -0.15) is 0 Å². The summed E-state index contributed by atoms with van der Waals surface area (Å²) in [5.74, 6) is 0.628. The third kappa shape index (κ3) is 4.30. The van der Waals surface area contributed by atoms with Gasteiger partial charge < -0.3 is 10.1 Å². The smallest absolute Gasteiger partial charge is 0.128 e. The fourth-order valence-electron chi connectivity index (χ4n) is 2.15. The van der Waals surface area contributed by atoms with Crippen molar-refractivity contribution >= 4 is 0 Å². The van der Waals surface area contributed by atoms with Crippen molar-refractivity contribution in [2.75, 3.05) is 6.54 Å². The van der Waals surface area contributed by atoms with Crippen molar-refractivity contribution in [3.63, 3.8) is 0 Å². The van der Waals surface area contributed by atoms with Crippen molar-refractivity contribution in [3.8, 4) is 16.9 Å². The molecule has 0 spiro atoms. The monoisotopic (exact) mass is 287 g/mol. The number of hydrogen-bond acceptors (Lipinski definition) is 2. The maximum atomic E-state index is 14.1. The van der Waals surface area contributed by atoms with E-state index in [0.717, 1.165) is 23.4 Å². The first kappa shape index (κ1) is 15.5. The number of nitrogens with one attached hydrogen (secondary N) is 1. The van der Waals surface area contributed by atoms with E-state index >= 15 is 0 Å². The summed E-state index contributed by atoms with van der Waals surface area (Å²) in [6.07, 6.45) is 0.125. The molecule has 0 saturated heterocycles. The van der Waals surface area contributed by atoms with Crippen molar-refractivity contribution in [1.82, 2.24) is 5.32 Å². The summed E-state index contributed by atoms with van der Waals surface area (Å²) in [6.45, 7) is 7.37. The zero-order valence-corrected chi connectivity index (χ0v) is 12.8. The lowest BCUT2D eigenvalue weighted by atomic mass is 10.0. The van der Waals surface area contributed by atoms with Crippen LogP contribution in [0, 0.1) is 5.82 Å². The van der Waals surface area contributed by atoms with Crippen LogP contribution in [-0.2, 0) is 6.54 Å². The molecular weight excluding hydrogens is 265 g/mol. The topological polar surface area (TPSA) is 21.3 Å². The molecule has 0 aliphatic heterocycles. The van der Waals surface area contributed by atoms with Crippen molar-refractivity contribution < 1.29 is 9.13 Å². The highest BCUT2D eigenvalue weighted by atomic mass is 19.1. The Morgan fingerprint density at radius 1 is 1.10 bits per heavy atom. The molecule has 0 unspecified atom stereocenters. The van der Waals surface area contributed by atoms with Gasteiger partial charge in [-0.25, -0.2) is 4.39 Å². The molecule has 0 aromatic heterocycles. The Labute approximate surface area is 126 Å². The molecule has 0 radical (unpaired) electrons. The minimum absolute atomic E-state index is 0.125. The Kier molecular flexibility index (Phi) is 5.34. The van der Waals surface area contributed by atoms with Crippen LogP contribution in [0.3, 0.4) is 0 Å². The summed E-state index contributed by atoms with van der Waals surface area (Å²) in [6, 6.07) is 13.1. The Morgan fingerprint density at radius 3 is 2.52 bits per heavy atom. The summed E-state index contributed by atoms with van der Waals surface area (Å²) >= 11 is 0. The van der Waals surface area contributed by atoms with Gasteiger partial charge in [0, 0.05) is 12.1 Å². The first-order valence-corrected chi connectivity index (χ1v) is 7.36. The molecule has 2 nitrogen and oxygen atoms in total. The minimum atomic E-state index is -0.177. The zero-order valence-electron chi connectivity index (χ0n) is 12.8. The van der Waals surface area contributed by atoms with Gasteiger partial charge in [-0.3, -0.25) is 0 Å². The van der Waals surface area contributed by atoms with Gasteiger partial charge in [0.25, 0.3) is 0 Å².